The number of carbonyl (C=O) groups is 3. The van der Waals surface area contributed by atoms with Crippen LogP contribution >= 0.6 is 15.9 Å². The highest BCUT2D eigenvalue weighted by Crippen LogP contribution is 2.60. The lowest BCUT2D eigenvalue weighted by Crippen LogP contribution is -2.57. The molecule has 3 saturated heterocycles. The van der Waals surface area contributed by atoms with Crippen molar-refractivity contribution >= 4 is 39.3 Å². The predicted molar refractivity (Wildman–Crippen MR) is 124 cm³/mol. The number of carbonyl (C=O) groups excluding carboxylic acids is 3. The molecule has 1 aromatic carbocycles. The number of hydrogen-bond acceptors (Lipinski definition) is 6. The lowest BCUT2D eigenvalue weighted by molar-refractivity contribution is -0.142. The number of fused-ring (bicyclic) bond motifs is 1. The highest BCUT2D eigenvalue weighted by molar-refractivity contribution is 9.09. The number of β-amino-alcohol motifs (C(OH)–C–C–N with tert-alkyl or cyclic N) is 1. The molecule has 1 aromatic rings. The summed E-state index contributed by atoms with van der Waals surface area (Å²) in [6, 6.07) is 5.98. The van der Waals surface area contributed by atoms with Crippen LogP contribution in [-0.2, 0) is 19.1 Å². The Morgan fingerprint density at radius 2 is 2.00 bits per heavy atom. The second-order valence-electron chi connectivity index (χ2n) is 9.03. The zero-order chi connectivity index (χ0) is 23.9. The Bertz CT molecular complexity index is 925. The van der Waals surface area contributed by atoms with Crippen LogP contribution in [0.4, 0.5) is 5.69 Å². The van der Waals surface area contributed by atoms with E-state index in [9.17, 15) is 19.5 Å². The molecule has 3 N–H and O–H groups in total. The Balaban J connectivity index is 1.63. The van der Waals surface area contributed by atoms with Crippen LogP contribution in [0.1, 0.15) is 27.2 Å². The third-order valence-corrected chi connectivity index (χ3v) is 7.39. The largest absolute Gasteiger partial charge is 0.494 e. The number of alkyl halides is 1. The number of benzene rings is 1. The molecule has 0 saturated carbocycles. The van der Waals surface area contributed by atoms with Crippen molar-refractivity contribution in [3.63, 3.8) is 0 Å². The fourth-order valence-electron chi connectivity index (χ4n) is 5.47. The van der Waals surface area contributed by atoms with Crippen molar-refractivity contribution in [3.05, 3.63) is 24.3 Å². The topological polar surface area (TPSA) is 117 Å². The summed E-state index contributed by atoms with van der Waals surface area (Å²) in [5, 5.41) is 15.3. The highest BCUT2D eigenvalue weighted by atomic mass is 79.9. The number of amides is 3. The van der Waals surface area contributed by atoms with E-state index in [4.69, 9.17) is 9.47 Å². The van der Waals surface area contributed by atoms with Crippen molar-refractivity contribution in [2.24, 2.45) is 11.8 Å². The van der Waals surface area contributed by atoms with E-state index in [-0.39, 0.29) is 41.7 Å². The molecule has 3 amide bonds. The number of nitrogens with one attached hydrogen (secondary N) is 2. The number of likely N-dealkylation sites (tertiary alicyclic amines) is 1. The van der Waals surface area contributed by atoms with E-state index in [0.717, 1.165) is 0 Å². The van der Waals surface area contributed by atoms with Crippen LogP contribution < -0.4 is 15.4 Å². The molecule has 0 aliphatic carbocycles. The summed E-state index contributed by atoms with van der Waals surface area (Å²) in [5.41, 5.74) is -0.539. The number of ether oxygens (including phenoxy) is 2. The third kappa shape index (κ3) is 4.02. The molecule has 3 unspecified atom stereocenters. The van der Waals surface area contributed by atoms with Gasteiger partial charge >= 0.3 is 0 Å². The van der Waals surface area contributed by atoms with Crippen LogP contribution in [0.5, 0.6) is 5.75 Å². The van der Waals surface area contributed by atoms with Crippen molar-refractivity contribution in [2.45, 2.75) is 55.8 Å². The summed E-state index contributed by atoms with van der Waals surface area (Å²) in [7, 11) is 0. The first-order valence-corrected chi connectivity index (χ1v) is 12.2. The smallest absolute Gasteiger partial charge is 0.246 e. The molecular formula is C23H30BrN3O6. The van der Waals surface area contributed by atoms with Crippen LogP contribution in [0.15, 0.2) is 24.3 Å². The van der Waals surface area contributed by atoms with Crippen molar-refractivity contribution in [3.8, 4) is 5.75 Å². The number of halogens is 1. The fraction of sp³-hybridized carbons (Fsp3) is 0.609. The number of anilines is 1. The molecule has 6 atom stereocenters. The molecule has 1 spiro atoms. The minimum atomic E-state index is -1.12. The standard InChI is InChI=1S/C23H30BrN3O6/c1-4-32-14-7-5-13(6-8-14)26-20(29)16-17-22(31)27(9-10-28)19(21(30)25-12(2)3)23(17)11-15(24)18(16)33-23/h5-8,12,15-19,28H,4,9-11H2,1-3H3,(H,25,30)(H,26,29)/t15?,16-,17-,18-,19?,23?/m0/s1. The number of rotatable bonds is 8. The molecule has 33 heavy (non-hydrogen) atoms. The van der Waals surface area contributed by atoms with Gasteiger partial charge in [-0.05, 0) is 51.5 Å². The summed E-state index contributed by atoms with van der Waals surface area (Å²) >= 11 is 3.62. The monoisotopic (exact) mass is 523 g/mol. The van der Waals surface area contributed by atoms with Gasteiger partial charge in [-0.25, -0.2) is 0 Å². The number of aliphatic hydroxyl groups is 1. The van der Waals surface area contributed by atoms with Crippen molar-refractivity contribution in [1.29, 1.82) is 0 Å². The second-order valence-corrected chi connectivity index (χ2v) is 10.2. The Morgan fingerprint density at radius 1 is 1.30 bits per heavy atom. The molecule has 0 aromatic heterocycles. The van der Waals surface area contributed by atoms with Crippen molar-refractivity contribution < 1.29 is 29.0 Å². The lowest BCUT2D eigenvalue weighted by Gasteiger charge is -2.34. The summed E-state index contributed by atoms with van der Waals surface area (Å²) in [4.78, 5) is 41.3. The quantitative estimate of drug-likeness (QED) is 0.442. The van der Waals surface area contributed by atoms with E-state index in [1.165, 1.54) is 4.90 Å². The summed E-state index contributed by atoms with van der Waals surface area (Å²) in [6.07, 6.45) is -0.105. The van der Waals surface area contributed by atoms with Gasteiger partial charge in [0.15, 0.2) is 0 Å². The number of nitrogens with zero attached hydrogens (tertiary/aromatic N) is 1. The summed E-state index contributed by atoms with van der Waals surface area (Å²) in [5.74, 6) is -1.86. The van der Waals surface area contributed by atoms with Gasteiger partial charge in [-0.2, -0.15) is 0 Å². The van der Waals surface area contributed by atoms with Crippen LogP contribution in [0, 0.1) is 11.8 Å². The Labute approximate surface area is 201 Å². The van der Waals surface area contributed by atoms with E-state index >= 15 is 0 Å². The SMILES string of the molecule is CCOc1ccc(NC(=O)[C@H]2[C@H]3C(=O)N(CCO)C(C(=O)NC(C)C)C34CC(Br)[C@@H]2O4)cc1. The molecule has 3 fully saturated rings. The molecular weight excluding hydrogens is 494 g/mol. The van der Waals surface area contributed by atoms with Gasteiger partial charge in [0.05, 0.1) is 31.2 Å². The van der Waals surface area contributed by atoms with E-state index in [1.54, 1.807) is 24.3 Å². The zero-order valence-electron chi connectivity index (χ0n) is 18.9. The van der Waals surface area contributed by atoms with Gasteiger partial charge in [0.25, 0.3) is 0 Å². The minimum Gasteiger partial charge on any atom is -0.494 e. The van der Waals surface area contributed by atoms with Gasteiger partial charge in [-0.1, -0.05) is 15.9 Å². The first kappa shape index (κ1) is 24.0. The Kier molecular flexibility index (Phi) is 6.70. The summed E-state index contributed by atoms with van der Waals surface area (Å²) < 4.78 is 11.8. The van der Waals surface area contributed by atoms with Crippen molar-refractivity contribution in [1.82, 2.24) is 10.2 Å². The third-order valence-electron chi connectivity index (χ3n) is 6.54. The normalized spacial score (nSPS) is 32.2. The Hall–Kier alpha value is -2.17. The van der Waals surface area contributed by atoms with Crippen LogP contribution in [0.3, 0.4) is 0 Å². The van der Waals surface area contributed by atoms with E-state index in [0.29, 0.717) is 24.5 Å². The Morgan fingerprint density at radius 3 is 2.61 bits per heavy atom. The first-order valence-electron chi connectivity index (χ1n) is 11.3. The number of aliphatic hydroxyl groups excluding tert-OH is 1. The maximum absolute atomic E-state index is 13.5. The average Bonchev–Trinajstić information content (AvgIpc) is 3.33. The molecule has 2 bridgehead atoms. The molecule has 4 rings (SSSR count). The van der Waals surface area contributed by atoms with Gasteiger partial charge in [0.2, 0.25) is 17.7 Å². The van der Waals surface area contributed by atoms with Crippen LogP contribution in [0.25, 0.3) is 0 Å². The van der Waals surface area contributed by atoms with Gasteiger partial charge < -0.3 is 30.1 Å². The molecule has 3 aliphatic rings. The maximum atomic E-state index is 13.5. The minimum absolute atomic E-state index is 0.00146. The molecule has 0 radical (unpaired) electrons. The van der Waals surface area contributed by atoms with E-state index in [2.05, 4.69) is 26.6 Å². The lowest BCUT2D eigenvalue weighted by atomic mass is 9.70. The first-order chi connectivity index (χ1) is 15.7. The van der Waals surface area contributed by atoms with E-state index in [1.807, 2.05) is 20.8 Å². The highest BCUT2D eigenvalue weighted by Gasteiger charge is 2.76. The molecule has 3 aliphatic heterocycles. The fourth-order valence-corrected chi connectivity index (χ4v) is 6.41. The zero-order valence-corrected chi connectivity index (χ0v) is 20.5. The van der Waals surface area contributed by atoms with Gasteiger partial charge in [0, 0.05) is 23.1 Å². The van der Waals surface area contributed by atoms with E-state index < -0.39 is 29.6 Å². The molecule has 9 nitrogen and oxygen atoms in total. The van der Waals surface area contributed by atoms with Gasteiger partial charge in [-0.15, -0.1) is 0 Å². The second kappa shape index (κ2) is 9.23. The summed E-state index contributed by atoms with van der Waals surface area (Å²) in [6.45, 7) is 5.83. The average molecular weight is 524 g/mol. The molecule has 10 heteroatoms. The van der Waals surface area contributed by atoms with Gasteiger partial charge in [-0.3, -0.25) is 14.4 Å². The maximum Gasteiger partial charge on any atom is 0.246 e. The molecule has 3 heterocycles. The van der Waals surface area contributed by atoms with Crippen LogP contribution in [0.2, 0.25) is 0 Å². The van der Waals surface area contributed by atoms with Crippen LogP contribution in [-0.4, -0.2) is 76.1 Å². The van der Waals surface area contributed by atoms with Crippen molar-refractivity contribution in [2.75, 3.05) is 25.1 Å². The number of hydrogen-bond donors (Lipinski definition) is 3. The van der Waals surface area contributed by atoms with Gasteiger partial charge in [0.1, 0.15) is 17.4 Å². The molecule has 180 valence electrons. The predicted octanol–water partition coefficient (Wildman–Crippen LogP) is 1.29.